The molecule has 0 atom stereocenters. The molecule has 0 amide bonds. The number of hydrogen-bond donors (Lipinski definition) is 2. The fourth-order valence-corrected chi connectivity index (χ4v) is 2.28. The van der Waals surface area contributed by atoms with Crippen LogP contribution in [0, 0.1) is 0 Å². The van der Waals surface area contributed by atoms with Gasteiger partial charge in [-0.3, -0.25) is 0 Å². The number of rotatable bonds is 8. The summed E-state index contributed by atoms with van der Waals surface area (Å²) in [5, 5.41) is 12.9. The summed E-state index contributed by atoms with van der Waals surface area (Å²) < 4.78 is 10.7. The first-order chi connectivity index (χ1) is 10.7. The highest BCUT2D eigenvalue weighted by molar-refractivity contribution is 6.31. The molecule has 6 heteroatoms. The normalized spacial score (nSPS) is 10.0. The Morgan fingerprint density at radius 1 is 1.09 bits per heavy atom. The lowest BCUT2D eigenvalue weighted by atomic mass is 10.2. The third kappa shape index (κ3) is 5.92. The van der Waals surface area contributed by atoms with E-state index in [0.717, 1.165) is 16.1 Å². The highest BCUT2D eigenvalue weighted by atomic mass is 35.5. The molecule has 0 unspecified atom stereocenters. The van der Waals surface area contributed by atoms with Crippen LogP contribution >= 0.6 is 11.6 Å². The molecule has 0 saturated carbocycles. The third-order valence-corrected chi connectivity index (χ3v) is 3.55. The number of hydrogen-bond acceptors (Lipinski definition) is 4. The molecule has 4 nitrogen and oxygen atoms in total. The molecule has 2 aromatic carbocycles. The van der Waals surface area contributed by atoms with E-state index in [1.165, 1.54) is 0 Å². The van der Waals surface area contributed by atoms with Gasteiger partial charge < -0.3 is 32.3 Å². The first-order valence-corrected chi connectivity index (χ1v) is 7.47. The Hall–Kier alpha value is -1.46. The largest absolute Gasteiger partial charge is 1.00 e. The first-order valence-electron chi connectivity index (χ1n) is 7.09. The predicted molar refractivity (Wildman–Crippen MR) is 87.6 cm³/mol. The number of aliphatic hydroxyl groups excluding tert-OH is 1. The molecule has 0 aliphatic heterocycles. The minimum atomic E-state index is -0.0235. The topological polar surface area (TPSA) is 50.7 Å². The molecule has 2 N–H and O–H groups in total. The molecule has 0 saturated heterocycles. The predicted octanol–water partition coefficient (Wildman–Crippen LogP) is 0.0135. The van der Waals surface area contributed by atoms with Crippen molar-refractivity contribution in [3.63, 3.8) is 0 Å². The zero-order valence-corrected chi connectivity index (χ0v) is 14.4. The average Bonchev–Trinajstić information content (AvgIpc) is 2.55. The third-order valence-electron chi connectivity index (χ3n) is 3.18. The van der Waals surface area contributed by atoms with E-state index in [0.29, 0.717) is 24.6 Å². The molecule has 0 heterocycles. The Kier molecular flexibility index (Phi) is 8.81. The lowest BCUT2D eigenvalue weighted by Crippen LogP contribution is -3.00. The lowest BCUT2D eigenvalue weighted by molar-refractivity contribution is -0.00000584. The van der Waals surface area contributed by atoms with Crippen LogP contribution in [0.4, 0.5) is 0 Å². The summed E-state index contributed by atoms with van der Waals surface area (Å²) in [5.74, 6) is 1.29. The van der Waals surface area contributed by atoms with Crippen molar-refractivity contribution in [2.45, 2.75) is 13.1 Å². The van der Waals surface area contributed by atoms with Crippen LogP contribution in [-0.2, 0) is 13.1 Å². The first kappa shape index (κ1) is 19.6. The van der Waals surface area contributed by atoms with Gasteiger partial charge in [0.2, 0.25) is 0 Å². The number of nitrogens with one attached hydrogen (secondary N) is 1. The fraction of sp³-hybridized carbons (Fsp3) is 0.294. The van der Waals surface area contributed by atoms with Gasteiger partial charge in [-0.1, -0.05) is 35.9 Å². The molecule has 2 rings (SSSR count). The molecular weight excluding hydrogens is 337 g/mol. The van der Waals surface area contributed by atoms with Crippen molar-refractivity contribution in [1.82, 2.24) is 5.32 Å². The van der Waals surface area contributed by atoms with Crippen LogP contribution in [0.15, 0.2) is 42.5 Å². The minimum absolute atomic E-state index is 0. The van der Waals surface area contributed by atoms with E-state index in [1.807, 2.05) is 42.5 Å². The van der Waals surface area contributed by atoms with Crippen LogP contribution in [0.1, 0.15) is 11.1 Å². The summed E-state index contributed by atoms with van der Waals surface area (Å²) in [6.45, 7) is 1.62. The summed E-state index contributed by atoms with van der Waals surface area (Å²) in [4.78, 5) is 0. The van der Waals surface area contributed by atoms with Gasteiger partial charge in [0, 0.05) is 18.1 Å². The Bertz CT molecular complexity index is 608. The molecule has 0 aliphatic carbocycles. The molecule has 0 aromatic heterocycles. The highest BCUT2D eigenvalue weighted by Gasteiger charge is 2.06. The maximum atomic E-state index is 8.81. The molecule has 0 fully saturated rings. The SMILES string of the molecule is COc1cc(CNCc2ccccc2Cl)ccc1OCCO.[Cl-]. The summed E-state index contributed by atoms with van der Waals surface area (Å²) in [6, 6.07) is 13.5. The summed E-state index contributed by atoms with van der Waals surface area (Å²) in [5.41, 5.74) is 2.15. The van der Waals surface area contributed by atoms with E-state index in [4.69, 9.17) is 26.2 Å². The molecule has 126 valence electrons. The number of aliphatic hydroxyl groups is 1. The zero-order chi connectivity index (χ0) is 15.8. The van der Waals surface area contributed by atoms with Crippen molar-refractivity contribution < 1.29 is 27.0 Å². The van der Waals surface area contributed by atoms with Gasteiger partial charge in [-0.2, -0.15) is 0 Å². The van der Waals surface area contributed by atoms with Gasteiger partial charge in [-0.15, -0.1) is 0 Å². The van der Waals surface area contributed by atoms with Crippen molar-refractivity contribution >= 4 is 11.6 Å². The number of benzene rings is 2. The van der Waals surface area contributed by atoms with Gasteiger partial charge in [0.1, 0.15) is 6.61 Å². The molecule has 0 aliphatic rings. The smallest absolute Gasteiger partial charge is 0.161 e. The van der Waals surface area contributed by atoms with E-state index < -0.39 is 0 Å². The number of methoxy groups -OCH3 is 1. The summed E-state index contributed by atoms with van der Waals surface area (Å²) in [6.07, 6.45) is 0. The Labute approximate surface area is 147 Å². The molecule has 0 radical (unpaired) electrons. The van der Waals surface area contributed by atoms with Crippen LogP contribution in [0.3, 0.4) is 0 Å². The van der Waals surface area contributed by atoms with Gasteiger partial charge in [-0.05, 0) is 29.3 Å². The monoisotopic (exact) mass is 356 g/mol. The average molecular weight is 357 g/mol. The molecule has 2 aromatic rings. The molecule has 0 bridgehead atoms. The van der Waals surface area contributed by atoms with Gasteiger partial charge >= 0.3 is 0 Å². The lowest BCUT2D eigenvalue weighted by Gasteiger charge is -2.12. The van der Waals surface area contributed by atoms with Gasteiger partial charge in [0.15, 0.2) is 11.5 Å². The van der Waals surface area contributed by atoms with Crippen LogP contribution in [-0.4, -0.2) is 25.4 Å². The maximum Gasteiger partial charge on any atom is 0.161 e. The minimum Gasteiger partial charge on any atom is -1.00 e. The van der Waals surface area contributed by atoms with Crippen molar-refractivity contribution in [2.75, 3.05) is 20.3 Å². The second-order valence-electron chi connectivity index (χ2n) is 4.75. The summed E-state index contributed by atoms with van der Waals surface area (Å²) >= 11 is 6.13. The maximum absolute atomic E-state index is 8.81. The van der Waals surface area contributed by atoms with Crippen molar-refractivity contribution in [1.29, 1.82) is 0 Å². The van der Waals surface area contributed by atoms with Crippen molar-refractivity contribution in [3.05, 3.63) is 58.6 Å². The quantitative estimate of drug-likeness (QED) is 0.699. The van der Waals surface area contributed by atoms with Crippen molar-refractivity contribution in [3.8, 4) is 11.5 Å². The molecular formula is C17H20Cl2NO3-. The summed E-state index contributed by atoms with van der Waals surface area (Å²) in [7, 11) is 1.60. The van der Waals surface area contributed by atoms with E-state index in [2.05, 4.69) is 5.32 Å². The second-order valence-corrected chi connectivity index (χ2v) is 5.16. The standard InChI is InChI=1S/C17H20ClNO3.ClH/c1-21-17-10-13(6-7-16(17)22-9-8-20)11-19-12-14-4-2-3-5-15(14)18;/h2-7,10,19-20H,8-9,11-12H2,1H3;1H/p-1. The van der Waals surface area contributed by atoms with E-state index in [1.54, 1.807) is 7.11 Å². The second kappa shape index (κ2) is 10.3. The van der Waals surface area contributed by atoms with E-state index in [9.17, 15) is 0 Å². The Morgan fingerprint density at radius 3 is 2.57 bits per heavy atom. The van der Waals surface area contributed by atoms with Crippen LogP contribution in [0.2, 0.25) is 5.02 Å². The number of halogens is 2. The highest BCUT2D eigenvalue weighted by Crippen LogP contribution is 2.28. The Morgan fingerprint density at radius 2 is 1.87 bits per heavy atom. The van der Waals surface area contributed by atoms with E-state index in [-0.39, 0.29) is 25.6 Å². The van der Waals surface area contributed by atoms with E-state index >= 15 is 0 Å². The molecule has 23 heavy (non-hydrogen) atoms. The zero-order valence-electron chi connectivity index (χ0n) is 12.9. The fourth-order valence-electron chi connectivity index (χ4n) is 2.08. The number of ether oxygens (including phenoxy) is 2. The Balaban J connectivity index is 0.00000264. The van der Waals surface area contributed by atoms with Gasteiger partial charge in [-0.25, -0.2) is 0 Å². The van der Waals surface area contributed by atoms with Crippen LogP contribution < -0.4 is 27.2 Å². The molecule has 0 spiro atoms. The van der Waals surface area contributed by atoms with Crippen LogP contribution in [0.25, 0.3) is 0 Å². The van der Waals surface area contributed by atoms with Crippen LogP contribution in [0.5, 0.6) is 11.5 Å². The van der Waals surface area contributed by atoms with Gasteiger partial charge in [0.25, 0.3) is 0 Å². The van der Waals surface area contributed by atoms with Gasteiger partial charge in [0.05, 0.1) is 13.7 Å². The van der Waals surface area contributed by atoms with Crippen molar-refractivity contribution in [2.24, 2.45) is 0 Å².